The number of anilines is 1. The molecule has 2 aliphatic heterocycles. The molecule has 0 saturated carbocycles. The molecule has 6 heteroatoms. The van der Waals surface area contributed by atoms with E-state index in [1.165, 1.54) is 31.5 Å². The number of aromatic nitrogens is 1. The van der Waals surface area contributed by atoms with E-state index < -0.39 is 11.9 Å². The van der Waals surface area contributed by atoms with Crippen molar-refractivity contribution in [2.45, 2.75) is 43.9 Å². The Balaban J connectivity index is 1.66. The molecule has 20 heavy (non-hydrogen) atoms. The molecule has 1 aromatic heterocycles. The first-order valence-electron chi connectivity index (χ1n) is 7.08. The van der Waals surface area contributed by atoms with E-state index in [-0.39, 0.29) is 0 Å². The quantitative estimate of drug-likeness (QED) is 0.905. The van der Waals surface area contributed by atoms with Gasteiger partial charge in [-0.1, -0.05) is 6.42 Å². The van der Waals surface area contributed by atoms with E-state index in [0.717, 1.165) is 25.6 Å². The minimum Gasteiger partial charge on any atom is -0.379 e. The highest BCUT2D eigenvalue weighted by molar-refractivity contribution is 5.43. The number of nitrogens with one attached hydrogen (secondary N) is 1. The molecule has 3 heterocycles. The SMILES string of the molecule is FC(F)(F)c1ccc(NC2CCN3CCCCC23)cn1. The van der Waals surface area contributed by atoms with Gasteiger partial charge in [0.2, 0.25) is 0 Å². The van der Waals surface area contributed by atoms with Crippen LogP contribution in [0.25, 0.3) is 0 Å². The molecular weight excluding hydrogens is 267 g/mol. The predicted octanol–water partition coefficient (Wildman–Crippen LogP) is 3.14. The average Bonchev–Trinajstić information content (AvgIpc) is 2.82. The lowest BCUT2D eigenvalue weighted by molar-refractivity contribution is -0.141. The van der Waals surface area contributed by atoms with Crippen molar-refractivity contribution in [2.24, 2.45) is 0 Å². The van der Waals surface area contributed by atoms with Crippen LogP contribution in [0.15, 0.2) is 18.3 Å². The van der Waals surface area contributed by atoms with Gasteiger partial charge in [0, 0.05) is 18.6 Å². The van der Waals surface area contributed by atoms with Crippen LogP contribution in [0.5, 0.6) is 0 Å². The Morgan fingerprint density at radius 3 is 2.70 bits per heavy atom. The number of fused-ring (bicyclic) bond motifs is 1. The summed E-state index contributed by atoms with van der Waals surface area (Å²) in [7, 11) is 0. The number of hydrogen-bond donors (Lipinski definition) is 1. The monoisotopic (exact) mass is 285 g/mol. The van der Waals surface area contributed by atoms with E-state index in [2.05, 4.69) is 15.2 Å². The molecule has 0 aliphatic carbocycles. The Morgan fingerprint density at radius 2 is 2.00 bits per heavy atom. The summed E-state index contributed by atoms with van der Waals surface area (Å²) in [5, 5.41) is 3.35. The number of piperidine rings is 1. The number of alkyl halides is 3. The number of halogens is 3. The molecule has 0 aromatic carbocycles. The molecule has 2 saturated heterocycles. The van der Waals surface area contributed by atoms with Crippen LogP contribution in [-0.2, 0) is 6.18 Å². The normalized spacial score (nSPS) is 27.4. The van der Waals surface area contributed by atoms with Crippen LogP contribution in [0, 0.1) is 0 Å². The van der Waals surface area contributed by atoms with Crippen LogP contribution >= 0.6 is 0 Å². The Bertz CT molecular complexity index is 458. The lowest BCUT2D eigenvalue weighted by Crippen LogP contribution is -2.41. The van der Waals surface area contributed by atoms with E-state index in [4.69, 9.17) is 0 Å². The van der Waals surface area contributed by atoms with Gasteiger partial charge in [-0.05, 0) is 37.9 Å². The fourth-order valence-corrected chi connectivity index (χ4v) is 3.28. The molecule has 2 fully saturated rings. The number of pyridine rings is 1. The van der Waals surface area contributed by atoms with Crippen molar-refractivity contribution in [3.63, 3.8) is 0 Å². The third-order valence-electron chi connectivity index (χ3n) is 4.26. The third kappa shape index (κ3) is 2.75. The summed E-state index contributed by atoms with van der Waals surface area (Å²) in [5.74, 6) is 0. The molecule has 3 rings (SSSR count). The molecule has 0 bridgehead atoms. The van der Waals surface area contributed by atoms with E-state index >= 15 is 0 Å². The second kappa shape index (κ2) is 5.24. The summed E-state index contributed by atoms with van der Waals surface area (Å²) in [4.78, 5) is 5.98. The highest BCUT2D eigenvalue weighted by Gasteiger charge is 2.36. The van der Waals surface area contributed by atoms with E-state index in [0.29, 0.717) is 17.8 Å². The van der Waals surface area contributed by atoms with Gasteiger partial charge >= 0.3 is 6.18 Å². The molecule has 3 nitrogen and oxygen atoms in total. The van der Waals surface area contributed by atoms with Crippen molar-refractivity contribution in [2.75, 3.05) is 18.4 Å². The van der Waals surface area contributed by atoms with E-state index in [9.17, 15) is 13.2 Å². The van der Waals surface area contributed by atoms with Gasteiger partial charge in [-0.3, -0.25) is 4.90 Å². The summed E-state index contributed by atoms with van der Waals surface area (Å²) in [5.41, 5.74) is -0.163. The first-order valence-corrected chi connectivity index (χ1v) is 7.08. The minimum atomic E-state index is -4.37. The Hall–Kier alpha value is -1.30. The van der Waals surface area contributed by atoms with Crippen LogP contribution in [0.4, 0.5) is 18.9 Å². The van der Waals surface area contributed by atoms with E-state index in [1.54, 1.807) is 0 Å². The lowest BCUT2D eigenvalue weighted by atomic mass is 9.99. The molecule has 1 N–H and O–H groups in total. The maximum atomic E-state index is 12.5. The maximum absolute atomic E-state index is 12.5. The van der Waals surface area contributed by atoms with Gasteiger partial charge in [0.15, 0.2) is 0 Å². The standard InChI is InChI=1S/C14H18F3N3/c15-14(16,17)13-5-4-10(9-18-13)19-11-6-8-20-7-2-1-3-12(11)20/h4-5,9,11-12,19H,1-3,6-8H2. The highest BCUT2D eigenvalue weighted by Crippen LogP contribution is 2.31. The topological polar surface area (TPSA) is 28.2 Å². The largest absolute Gasteiger partial charge is 0.433 e. The minimum absolute atomic E-state index is 0.328. The summed E-state index contributed by atoms with van der Waals surface area (Å²) in [6.45, 7) is 2.23. The zero-order valence-corrected chi connectivity index (χ0v) is 11.2. The Labute approximate surface area is 116 Å². The lowest BCUT2D eigenvalue weighted by Gasteiger charge is -2.32. The van der Waals surface area contributed by atoms with Crippen molar-refractivity contribution in [1.29, 1.82) is 0 Å². The molecule has 2 aliphatic rings. The molecule has 110 valence electrons. The predicted molar refractivity (Wildman–Crippen MR) is 70.5 cm³/mol. The summed E-state index contributed by atoms with van der Waals surface area (Å²) >= 11 is 0. The average molecular weight is 285 g/mol. The molecule has 0 spiro atoms. The van der Waals surface area contributed by atoms with Gasteiger partial charge in [-0.15, -0.1) is 0 Å². The first-order chi connectivity index (χ1) is 9.54. The molecule has 0 amide bonds. The zero-order chi connectivity index (χ0) is 14.2. The number of rotatable bonds is 2. The summed E-state index contributed by atoms with van der Waals surface area (Å²) < 4.78 is 37.4. The highest BCUT2D eigenvalue weighted by atomic mass is 19.4. The van der Waals surface area contributed by atoms with E-state index in [1.807, 2.05) is 0 Å². The van der Waals surface area contributed by atoms with Crippen LogP contribution < -0.4 is 5.32 Å². The molecular formula is C14H18F3N3. The third-order valence-corrected chi connectivity index (χ3v) is 4.26. The van der Waals surface area contributed by atoms with Crippen molar-refractivity contribution < 1.29 is 13.2 Å². The van der Waals surface area contributed by atoms with Crippen molar-refractivity contribution in [3.8, 4) is 0 Å². The maximum Gasteiger partial charge on any atom is 0.433 e. The Kier molecular flexibility index (Phi) is 3.58. The molecule has 2 unspecified atom stereocenters. The fourth-order valence-electron chi connectivity index (χ4n) is 3.28. The number of nitrogens with zero attached hydrogens (tertiary/aromatic N) is 2. The van der Waals surface area contributed by atoms with Crippen molar-refractivity contribution in [3.05, 3.63) is 24.0 Å². The van der Waals surface area contributed by atoms with Gasteiger partial charge in [0.05, 0.1) is 11.9 Å². The zero-order valence-electron chi connectivity index (χ0n) is 11.2. The molecule has 1 aromatic rings. The molecule has 0 radical (unpaired) electrons. The van der Waals surface area contributed by atoms with Gasteiger partial charge in [-0.25, -0.2) is 4.98 Å². The van der Waals surface area contributed by atoms with Gasteiger partial charge < -0.3 is 5.32 Å². The number of hydrogen-bond acceptors (Lipinski definition) is 3. The Morgan fingerprint density at radius 1 is 1.15 bits per heavy atom. The second-order valence-corrected chi connectivity index (χ2v) is 5.57. The fraction of sp³-hybridized carbons (Fsp3) is 0.643. The van der Waals surface area contributed by atoms with Gasteiger partial charge in [-0.2, -0.15) is 13.2 Å². The van der Waals surface area contributed by atoms with Crippen molar-refractivity contribution in [1.82, 2.24) is 9.88 Å². The molecule has 2 atom stereocenters. The van der Waals surface area contributed by atoms with Gasteiger partial charge in [0.1, 0.15) is 5.69 Å². The van der Waals surface area contributed by atoms with Crippen LogP contribution in [0.2, 0.25) is 0 Å². The first kappa shape index (κ1) is 13.7. The van der Waals surface area contributed by atoms with Crippen molar-refractivity contribution >= 4 is 5.69 Å². The van der Waals surface area contributed by atoms with Crippen LogP contribution in [0.3, 0.4) is 0 Å². The van der Waals surface area contributed by atoms with Crippen LogP contribution in [0.1, 0.15) is 31.4 Å². The summed E-state index contributed by atoms with van der Waals surface area (Å²) in [6.07, 6.45) is 1.63. The smallest absolute Gasteiger partial charge is 0.379 e. The van der Waals surface area contributed by atoms with Crippen LogP contribution in [-0.4, -0.2) is 35.1 Å². The summed E-state index contributed by atoms with van der Waals surface area (Å²) in [6, 6.07) is 3.36. The van der Waals surface area contributed by atoms with Gasteiger partial charge in [0.25, 0.3) is 0 Å². The second-order valence-electron chi connectivity index (χ2n) is 5.57.